The van der Waals surface area contributed by atoms with Gasteiger partial charge in [0.2, 0.25) is 5.88 Å². The number of ether oxygens (including phenoxy) is 1. The molecule has 6 nitrogen and oxygen atoms in total. The lowest BCUT2D eigenvalue weighted by Gasteiger charge is -2.21. The largest absolute Gasteiger partial charge is 0.470 e. The van der Waals surface area contributed by atoms with Crippen LogP contribution in [0.25, 0.3) is 0 Å². The Balaban J connectivity index is 2.07. The maximum absolute atomic E-state index is 5.88. The molecule has 20 heavy (non-hydrogen) atoms. The number of hydrogen-bond acceptors (Lipinski definition) is 5. The van der Waals surface area contributed by atoms with E-state index in [2.05, 4.69) is 15.4 Å². The van der Waals surface area contributed by atoms with Crippen molar-refractivity contribution in [2.45, 2.75) is 32.9 Å². The van der Waals surface area contributed by atoms with E-state index in [1.165, 1.54) is 0 Å². The van der Waals surface area contributed by atoms with Crippen LogP contribution in [0.3, 0.4) is 0 Å². The van der Waals surface area contributed by atoms with Gasteiger partial charge in [-0.1, -0.05) is 0 Å². The van der Waals surface area contributed by atoms with Gasteiger partial charge in [0.05, 0.1) is 17.9 Å². The Kier molecular flexibility index (Phi) is 3.83. The SMILES string of the molecule is Cn1ccc(CNc2ccc(N)c(OC(C)(C)C)n2)n1. The van der Waals surface area contributed by atoms with Gasteiger partial charge in [0, 0.05) is 13.2 Å². The normalized spacial score (nSPS) is 11.4. The molecule has 0 aromatic carbocycles. The van der Waals surface area contributed by atoms with Crippen molar-refractivity contribution >= 4 is 11.5 Å². The molecule has 0 radical (unpaired) electrons. The van der Waals surface area contributed by atoms with Crippen molar-refractivity contribution in [1.29, 1.82) is 0 Å². The van der Waals surface area contributed by atoms with E-state index in [-0.39, 0.29) is 5.60 Å². The lowest BCUT2D eigenvalue weighted by atomic mass is 10.2. The molecule has 0 aliphatic carbocycles. The summed E-state index contributed by atoms with van der Waals surface area (Å²) in [6.07, 6.45) is 1.90. The van der Waals surface area contributed by atoms with E-state index in [0.29, 0.717) is 23.9 Å². The van der Waals surface area contributed by atoms with Gasteiger partial charge in [-0.25, -0.2) is 0 Å². The number of anilines is 2. The smallest absolute Gasteiger partial charge is 0.239 e. The predicted octanol–water partition coefficient (Wildman–Crippen LogP) is 2.19. The third kappa shape index (κ3) is 3.88. The Morgan fingerprint density at radius 2 is 2.05 bits per heavy atom. The van der Waals surface area contributed by atoms with Crippen molar-refractivity contribution in [1.82, 2.24) is 14.8 Å². The second kappa shape index (κ2) is 5.40. The Labute approximate surface area is 119 Å². The summed E-state index contributed by atoms with van der Waals surface area (Å²) in [7, 11) is 1.89. The summed E-state index contributed by atoms with van der Waals surface area (Å²) in [5.41, 5.74) is 7.02. The fourth-order valence-electron chi connectivity index (χ4n) is 1.66. The molecule has 2 heterocycles. The average Bonchev–Trinajstić information content (AvgIpc) is 2.74. The first kappa shape index (κ1) is 14.2. The Morgan fingerprint density at radius 1 is 1.30 bits per heavy atom. The van der Waals surface area contributed by atoms with E-state index < -0.39 is 0 Å². The highest BCUT2D eigenvalue weighted by atomic mass is 16.5. The summed E-state index contributed by atoms with van der Waals surface area (Å²) in [5, 5.41) is 7.50. The predicted molar refractivity (Wildman–Crippen MR) is 79.6 cm³/mol. The van der Waals surface area contributed by atoms with Gasteiger partial charge in [-0.3, -0.25) is 4.68 Å². The number of hydrogen-bond donors (Lipinski definition) is 2. The maximum Gasteiger partial charge on any atom is 0.239 e. The van der Waals surface area contributed by atoms with Gasteiger partial charge in [0.1, 0.15) is 11.4 Å². The number of nitrogens with zero attached hydrogens (tertiary/aromatic N) is 3. The molecule has 0 aliphatic rings. The minimum atomic E-state index is -0.333. The number of nitrogens with two attached hydrogens (primary N) is 1. The molecule has 2 aromatic heterocycles. The highest BCUT2D eigenvalue weighted by Crippen LogP contribution is 2.25. The van der Waals surface area contributed by atoms with Crippen molar-refractivity contribution < 1.29 is 4.74 Å². The fraction of sp³-hybridized carbons (Fsp3) is 0.429. The van der Waals surface area contributed by atoms with Crippen LogP contribution in [0.2, 0.25) is 0 Å². The molecule has 0 atom stereocenters. The lowest BCUT2D eigenvalue weighted by molar-refractivity contribution is 0.125. The van der Waals surface area contributed by atoms with Crippen molar-refractivity contribution in [3.8, 4) is 5.88 Å². The van der Waals surface area contributed by atoms with Crippen molar-refractivity contribution in [3.63, 3.8) is 0 Å². The third-order valence-electron chi connectivity index (χ3n) is 2.51. The topological polar surface area (TPSA) is 78.0 Å². The van der Waals surface area contributed by atoms with Gasteiger partial charge in [-0.2, -0.15) is 10.1 Å². The zero-order chi connectivity index (χ0) is 14.8. The van der Waals surface area contributed by atoms with E-state index >= 15 is 0 Å². The highest BCUT2D eigenvalue weighted by molar-refractivity contribution is 5.53. The zero-order valence-electron chi connectivity index (χ0n) is 12.3. The maximum atomic E-state index is 5.88. The summed E-state index contributed by atoms with van der Waals surface area (Å²) >= 11 is 0. The number of aryl methyl sites for hydroxylation is 1. The molecular formula is C14H21N5O. The number of rotatable bonds is 4. The van der Waals surface area contributed by atoms with Crippen LogP contribution in [-0.4, -0.2) is 20.4 Å². The minimum Gasteiger partial charge on any atom is -0.470 e. The van der Waals surface area contributed by atoms with Crippen LogP contribution < -0.4 is 15.8 Å². The third-order valence-corrected chi connectivity index (χ3v) is 2.51. The van der Waals surface area contributed by atoms with Gasteiger partial charge in [0.25, 0.3) is 0 Å². The molecule has 0 spiro atoms. The Hall–Kier alpha value is -2.24. The molecule has 2 aromatic rings. The molecule has 108 valence electrons. The summed E-state index contributed by atoms with van der Waals surface area (Å²) in [6, 6.07) is 5.57. The van der Waals surface area contributed by atoms with E-state index in [1.807, 2.05) is 46.1 Å². The minimum absolute atomic E-state index is 0.333. The van der Waals surface area contributed by atoms with Crippen LogP contribution >= 0.6 is 0 Å². The number of nitrogen functional groups attached to an aromatic ring is 1. The molecule has 0 aliphatic heterocycles. The Bertz CT molecular complexity index is 585. The van der Waals surface area contributed by atoms with E-state index in [0.717, 1.165) is 5.69 Å². The lowest BCUT2D eigenvalue weighted by Crippen LogP contribution is -2.24. The molecular weight excluding hydrogens is 254 g/mol. The van der Waals surface area contributed by atoms with Crippen molar-refractivity contribution in [3.05, 3.63) is 30.1 Å². The summed E-state index contributed by atoms with van der Waals surface area (Å²) < 4.78 is 7.50. The van der Waals surface area contributed by atoms with Gasteiger partial charge < -0.3 is 15.8 Å². The van der Waals surface area contributed by atoms with E-state index in [1.54, 1.807) is 10.7 Å². The van der Waals surface area contributed by atoms with Gasteiger partial charge in [0.15, 0.2) is 0 Å². The van der Waals surface area contributed by atoms with Gasteiger partial charge in [-0.05, 0) is 39.0 Å². The number of aromatic nitrogens is 3. The average molecular weight is 275 g/mol. The van der Waals surface area contributed by atoms with Crippen LogP contribution in [0, 0.1) is 0 Å². The first-order chi connectivity index (χ1) is 9.33. The van der Waals surface area contributed by atoms with Crippen molar-refractivity contribution in [2.75, 3.05) is 11.1 Å². The zero-order valence-corrected chi connectivity index (χ0v) is 12.3. The van der Waals surface area contributed by atoms with E-state index in [4.69, 9.17) is 10.5 Å². The summed E-state index contributed by atoms with van der Waals surface area (Å²) in [4.78, 5) is 4.39. The monoisotopic (exact) mass is 275 g/mol. The molecule has 0 fully saturated rings. The molecule has 0 saturated carbocycles. The van der Waals surface area contributed by atoms with E-state index in [9.17, 15) is 0 Å². The fourth-order valence-corrected chi connectivity index (χ4v) is 1.66. The van der Waals surface area contributed by atoms with Gasteiger partial charge >= 0.3 is 0 Å². The Morgan fingerprint density at radius 3 is 2.65 bits per heavy atom. The first-order valence-corrected chi connectivity index (χ1v) is 6.51. The first-order valence-electron chi connectivity index (χ1n) is 6.51. The van der Waals surface area contributed by atoms with Crippen LogP contribution in [0.15, 0.2) is 24.4 Å². The second-order valence-electron chi connectivity index (χ2n) is 5.64. The quantitative estimate of drug-likeness (QED) is 0.894. The highest BCUT2D eigenvalue weighted by Gasteiger charge is 2.15. The standard InChI is InChI=1S/C14H21N5O/c1-14(2,3)20-13-11(15)5-6-12(17-13)16-9-10-7-8-19(4)18-10/h5-8H,9,15H2,1-4H3,(H,16,17). The van der Waals surface area contributed by atoms with Crippen LogP contribution in [-0.2, 0) is 13.6 Å². The molecule has 0 unspecified atom stereocenters. The van der Waals surface area contributed by atoms with Crippen molar-refractivity contribution in [2.24, 2.45) is 7.05 Å². The van der Waals surface area contributed by atoms with Crippen LogP contribution in [0.1, 0.15) is 26.5 Å². The number of nitrogens with one attached hydrogen (secondary N) is 1. The molecule has 2 rings (SSSR count). The number of pyridine rings is 1. The second-order valence-corrected chi connectivity index (χ2v) is 5.64. The van der Waals surface area contributed by atoms with Gasteiger partial charge in [-0.15, -0.1) is 0 Å². The molecule has 0 saturated heterocycles. The van der Waals surface area contributed by atoms with Crippen LogP contribution in [0.4, 0.5) is 11.5 Å². The van der Waals surface area contributed by atoms with Crippen LogP contribution in [0.5, 0.6) is 5.88 Å². The molecule has 3 N–H and O–H groups in total. The molecule has 0 bridgehead atoms. The summed E-state index contributed by atoms with van der Waals surface area (Å²) in [6.45, 7) is 6.49. The molecule has 6 heteroatoms. The molecule has 0 amide bonds. The summed E-state index contributed by atoms with van der Waals surface area (Å²) in [5.74, 6) is 1.16.